The summed E-state index contributed by atoms with van der Waals surface area (Å²) in [5.74, 6) is 0. The molecular formula is C12H12N4O2. The molecule has 2 aromatic heterocycles. The molecule has 0 bridgehead atoms. The van der Waals surface area contributed by atoms with E-state index in [0.29, 0.717) is 5.69 Å². The van der Waals surface area contributed by atoms with Gasteiger partial charge in [0, 0.05) is 23.7 Å². The first-order chi connectivity index (χ1) is 8.77. The van der Waals surface area contributed by atoms with E-state index in [2.05, 4.69) is 9.97 Å². The predicted octanol–water partition coefficient (Wildman–Crippen LogP) is 2.05. The number of nitro groups is 1. The van der Waals surface area contributed by atoms with Crippen LogP contribution in [0.2, 0.25) is 0 Å². The number of rotatable bonds is 2. The quantitative estimate of drug-likeness (QED) is 0.598. The molecule has 0 aromatic carbocycles. The monoisotopic (exact) mass is 244 g/mol. The summed E-state index contributed by atoms with van der Waals surface area (Å²) in [4.78, 5) is 19.0. The number of aryl methyl sites for hydroxylation is 1. The zero-order chi connectivity index (χ0) is 12.5. The summed E-state index contributed by atoms with van der Waals surface area (Å²) in [6.07, 6.45) is 10.2. The third kappa shape index (κ3) is 1.66. The van der Waals surface area contributed by atoms with Gasteiger partial charge in [0.15, 0.2) is 0 Å². The first kappa shape index (κ1) is 10.9. The predicted molar refractivity (Wildman–Crippen MR) is 64.7 cm³/mol. The maximum atomic E-state index is 11.1. The van der Waals surface area contributed by atoms with Crippen LogP contribution in [-0.4, -0.2) is 19.5 Å². The lowest BCUT2D eigenvalue weighted by atomic mass is 9.94. The van der Waals surface area contributed by atoms with E-state index in [1.807, 2.05) is 0 Å². The molecule has 0 saturated carbocycles. The number of fused-ring (bicyclic) bond motifs is 1. The summed E-state index contributed by atoms with van der Waals surface area (Å²) in [5.41, 5.74) is 2.65. The fourth-order valence-electron chi connectivity index (χ4n) is 2.45. The van der Waals surface area contributed by atoms with Gasteiger partial charge in [0.25, 0.3) is 0 Å². The molecule has 6 heteroatoms. The molecule has 0 spiro atoms. The molecule has 1 aliphatic carbocycles. The maximum absolute atomic E-state index is 11.1. The average molecular weight is 244 g/mol. The Balaban J connectivity index is 2.27. The molecule has 3 rings (SSSR count). The first-order valence-corrected chi connectivity index (χ1v) is 5.91. The highest BCUT2D eigenvalue weighted by Crippen LogP contribution is 2.32. The lowest BCUT2D eigenvalue weighted by Gasteiger charge is -2.18. The Morgan fingerprint density at radius 2 is 2.17 bits per heavy atom. The molecule has 0 amide bonds. The van der Waals surface area contributed by atoms with E-state index in [9.17, 15) is 10.1 Å². The average Bonchev–Trinajstić information content (AvgIpc) is 2.90. The third-order valence-electron chi connectivity index (χ3n) is 3.27. The highest BCUT2D eigenvalue weighted by Gasteiger charge is 2.24. The molecule has 0 atom stereocenters. The summed E-state index contributed by atoms with van der Waals surface area (Å²) in [6, 6.07) is 0. The normalized spacial score (nSPS) is 14.2. The summed E-state index contributed by atoms with van der Waals surface area (Å²) >= 11 is 0. The molecule has 0 unspecified atom stereocenters. The lowest BCUT2D eigenvalue weighted by molar-refractivity contribution is -0.385. The molecule has 2 aromatic rings. The van der Waals surface area contributed by atoms with Gasteiger partial charge in [0.1, 0.15) is 11.9 Å². The lowest BCUT2D eigenvalue weighted by Crippen LogP contribution is -2.12. The number of aromatic nitrogens is 3. The van der Waals surface area contributed by atoms with E-state index in [0.717, 1.165) is 36.9 Å². The van der Waals surface area contributed by atoms with Gasteiger partial charge in [-0.05, 0) is 25.7 Å². The van der Waals surface area contributed by atoms with Crippen LogP contribution in [0.15, 0.2) is 24.9 Å². The van der Waals surface area contributed by atoms with Crippen molar-refractivity contribution in [3.05, 3.63) is 46.3 Å². The van der Waals surface area contributed by atoms with Crippen LogP contribution in [0.4, 0.5) is 5.69 Å². The van der Waals surface area contributed by atoms with Crippen LogP contribution < -0.4 is 0 Å². The fourth-order valence-corrected chi connectivity index (χ4v) is 2.45. The summed E-state index contributed by atoms with van der Waals surface area (Å²) < 4.78 is 1.71. The number of imidazole rings is 1. The minimum absolute atomic E-state index is 0.0497. The van der Waals surface area contributed by atoms with Crippen LogP contribution in [0.5, 0.6) is 0 Å². The van der Waals surface area contributed by atoms with E-state index in [1.54, 1.807) is 23.3 Å². The standard InChI is InChI=1S/C12H12N4O2/c17-16(18)11-7-14-10-4-2-1-3-9(10)12(11)15-6-5-13-8-15/h5-8H,1-4H2. The summed E-state index contributed by atoms with van der Waals surface area (Å²) in [5, 5.41) is 11.1. The Labute approximate surface area is 103 Å². The molecular weight excluding hydrogens is 232 g/mol. The molecule has 18 heavy (non-hydrogen) atoms. The highest BCUT2D eigenvalue weighted by molar-refractivity contribution is 5.58. The van der Waals surface area contributed by atoms with E-state index in [1.165, 1.54) is 6.20 Å². The van der Waals surface area contributed by atoms with Crippen molar-refractivity contribution in [1.29, 1.82) is 0 Å². The number of nitrogens with zero attached hydrogens (tertiary/aromatic N) is 4. The van der Waals surface area contributed by atoms with Crippen molar-refractivity contribution in [2.75, 3.05) is 0 Å². The topological polar surface area (TPSA) is 73.8 Å². The minimum atomic E-state index is -0.378. The zero-order valence-corrected chi connectivity index (χ0v) is 9.74. The van der Waals surface area contributed by atoms with E-state index in [-0.39, 0.29) is 10.6 Å². The summed E-state index contributed by atoms with van der Waals surface area (Å²) in [6.45, 7) is 0. The smallest absolute Gasteiger partial charge is 0.300 e. The van der Waals surface area contributed by atoms with Crippen molar-refractivity contribution in [3.8, 4) is 5.69 Å². The van der Waals surface area contributed by atoms with E-state index >= 15 is 0 Å². The van der Waals surface area contributed by atoms with Gasteiger partial charge in [-0.25, -0.2) is 4.98 Å². The van der Waals surface area contributed by atoms with Crippen molar-refractivity contribution >= 4 is 5.69 Å². The van der Waals surface area contributed by atoms with Crippen molar-refractivity contribution < 1.29 is 4.92 Å². The van der Waals surface area contributed by atoms with Gasteiger partial charge >= 0.3 is 5.69 Å². The molecule has 0 aliphatic heterocycles. The Morgan fingerprint density at radius 1 is 1.33 bits per heavy atom. The van der Waals surface area contributed by atoms with Gasteiger partial charge in [-0.15, -0.1) is 0 Å². The van der Waals surface area contributed by atoms with E-state index in [4.69, 9.17) is 0 Å². The number of hydrogen-bond acceptors (Lipinski definition) is 4. The molecule has 6 nitrogen and oxygen atoms in total. The fraction of sp³-hybridized carbons (Fsp3) is 0.333. The Bertz CT molecular complexity index is 592. The molecule has 0 N–H and O–H groups in total. The van der Waals surface area contributed by atoms with Gasteiger partial charge in [0.05, 0.1) is 11.3 Å². The molecule has 0 saturated heterocycles. The third-order valence-corrected chi connectivity index (χ3v) is 3.27. The van der Waals surface area contributed by atoms with Gasteiger partial charge in [0.2, 0.25) is 0 Å². The zero-order valence-electron chi connectivity index (χ0n) is 9.74. The van der Waals surface area contributed by atoms with Crippen LogP contribution in [0.25, 0.3) is 5.69 Å². The highest BCUT2D eigenvalue weighted by atomic mass is 16.6. The van der Waals surface area contributed by atoms with Crippen LogP contribution in [0.3, 0.4) is 0 Å². The van der Waals surface area contributed by atoms with Crippen molar-refractivity contribution in [2.45, 2.75) is 25.7 Å². The van der Waals surface area contributed by atoms with Crippen molar-refractivity contribution in [1.82, 2.24) is 14.5 Å². The molecule has 2 heterocycles. The second-order valence-electron chi connectivity index (χ2n) is 4.35. The van der Waals surface area contributed by atoms with Gasteiger partial charge in [-0.3, -0.25) is 19.7 Å². The molecule has 0 radical (unpaired) electrons. The SMILES string of the molecule is O=[N+]([O-])c1cnc2c(c1-n1ccnc1)CCCC2. The number of pyridine rings is 1. The van der Waals surface area contributed by atoms with Gasteiger partial charge < -0.3 is 0 Å². The number of hydrogen-bond donors (Lipinski definition) is 0. The second kappa shape index (κ2) is 4.21. The van der Waals surface area contributed by atoms with Crippen LogP contribution in [-0.2, 0) is 12.8 Å². The van der Waals surface area contributed by atoms with Crippen molar-refractivity contribution in [2.24, 2.45) is 0 Å². The van der Waals surface area contributed by atoms with Gasteiger partial charge in [-0.2, -0.15) is 0 Å². The maximum Gasteiger partial charge on any atom is 0.311 e. The van der Waals surface area contributed by atoms with E-state index < -0.39 is 0 Å². The largest absolute Gasteiger partial charge is 0.311 e. The molecule has 1 aliphatic rings. The Morgan fingerprint density at radius 3 is 2.89 bits per heavy atom. The van der Waals surface area contributed by atoms with Crippen LogP contribution >= 0.6 is 0 Å². The Kier molecular flexibility index (Phi) is 2.55. The first-order valence-electron chi connectivity index (χ1n) is 5.91. The van der Waals surface area contributed by atoms with Gasteiger partial charge in [-0.1, -0.05) is 0 Å². The molecule has 0 fully saturated rings. The Hall–Kier alpha value is -2.24. The van der Waals surface area contributed by atoms with Crippen molar-refractivity contribution in [3.63, 3.8) is 0 Å². The minimum Gasteiger partial charge on any atom is -0.300 e. The van der Waals surface area contributed by atoms with Crippen LogP contribution in [0.1, 0.15) is 24.1 Å². The second-order valence-corrected chi connectivity index (χ2v) is 4.35. The summed E-state index contributed by atoms with van der Waals surface area (Å²) in [7, 11) is 0. The molecule has 92 valence electrons. The van der Waals surface area contributed by atoms with Crippen LogP contribution in [0, 0.1) is 10.1 Å².